The Morgan fingerprint density at radius 2 is 2.19 bits per heavy atom. The zero-order valence-electron chi connectivity index (χ0n) is 9.49. The molecule has 1 N–H and O–H groups in total. The van der Waals surface area contributed by atoms with Crippen molar-refractivity contribution in [1.82, 2.24) is 5.32 Å². The van der Waals surface area contributed by atoms with Gasteiger partial charge in [0.2, 0.25) is 5.91 Å². The third-order valence-electron chi connectivity index (χ3n) is 2.23. The van der Waals surface area contributed by atoms with Crippen LogP contribution in [0.2, 0.25) is 0 Å². The van der Waals surface area contributed by atoms with E-state index in [1.54, 1.807) is 6.07 Å². The number of rotatable bonds is 7. The van der Waals surface area contributed by atoms with Gasteiger partial charge in [-0.1, -0.05) is 19.4 Å². The molecule has 0 atom stereocenters. The summed E-state index contributed by atoms with van der Waals surface area (Å²) < 4.78 is 0. The zero-order valence-corrected chi connectivity index (χ0v) is 10.3. The fraction of sp³-hybridized carbons (Fsp3) is 0.500. The number of ketones is 1. The highest BCUT2D eigenvalue weighted by Gasteiger charge is 2.09. The van der Waals surface area contributed by atoms with E-state index >= 15 is 0 Å². The zero-order chi connectivity index (χ0) is 11.8. The predicted molar refractivity (Wildman–Crippen MR) is 65.8 cm³/mol. The second kappa shape index (κ2) is 7.17. The van der Waals surface area contributed by atoms with E-state index in [2.05, 4.69) is 12.2 Å². The molecule has 1 amide bonds. The summed E-state index contributed by atoms with van der Waals surface area (Å²) in [6.07, 6.45) is 2.65. The number of thiophene rings is 1. The Morgan fingerprint density at radius 1 is 1.38 bits per heavy atom. The third kappa shape index (κ3) is 4.57. The molecule has 0 aliphatic heterocycles. The standard InChI is InChI=1S/C12H17NO2S/c1-2-3-8-13-12(15)7-6-10(14)11-5-4-9-16-11/h4-5,9H,2-3,6-8H2,1H3,(H,13,15). The summed E-state index contributed by atoms with van der Waals surface area (Å²) >= 11 is 1.42. The van der Waals surface area contributed by atoms with Crippen molar-refractivity contribution in [3.8, 4) is 0 Å². The van der Waals surface area contributed by atoms with E-state index < -0.39 is 0 Å². The Bertz CT molecular complexity index is 333. The number of nitrogens with one attached hydrogen (secondary N) is 1. The van der Waals surface area contributed by atoms with Crippen LogP contribution in [0.5, 0.6) is 0 Å². The number of hydrogen-bond donors (Lipinski definition) is 1. The van der Waals surface area contributed by atoms with E-state index in [1.165, 1.54) is 11.3 Å². The van der Waals surface area contributed by atoms with Crippen molar-refractivity contribution in [2.75, 3.05) is 6.54 Å². The van der Waals surface area contributed by atoms with Crippen LogP contribution >= 0.6 is 11.3 Å². The molecule has 0 fully saturated rings. The molecule has 4 heteroatoms. The lowest BCUT2D eigenvalue weighted by Crippen LogP contribution is -2.24. The van der Waals surface area contributed by atoms with Gasteiger partial charge in [-0.05, 0) is 17.9 Å². The van der Waals surface area contributed by atoms with Gasteiger partial charge in [0, 0.05) is 19.4 Å². The number of amides is 1. The average molecular weight is 239 g/mol. The Hall–Kier alpha value is -1.16. The van der Waals surface area contributed by atoms with E-state index in [4.69, 9.17) is 0 Å². The molecule has 0 radical (unpaired) electrons. The quantitative estimate of drug-likeness (QED) is 0.587. The Balaban J connectivity index is 2.19. The van der Waals surface area contributed by atoms with Gasteiger partial charge in [-0.25, -0.2) is 0 Å². The molecule has 0 aliphatic rings. The molecular weight excluding hydrogens is 222 g/mol. The van der Waals surface area contributed by atoms with Crippen molar-refractivity contribution in [1.29, 1.82) is 0 Å². The van der Waals surface area contributed by atoms with Crippen LogP contribution in [0.15, 0.2) is 17.5 Å². The molecule has 0 bridgehead atoms. The normalized spacial score (nSPS) is 10.1. The Morgan fingerprint density at radius 3 is 2.81 bits per heavy atom. The van der Waals surface area contributed by atoms with Crippen LogP contribution in [0.3, 0.4) is 0 Å². The molecule has 0 aliphatic carbocycles. The number of Topliss-reactive ketones (excluding diaryl/α,β-unsaturated/α-hetero) is 1. The van der Waals surface area contributed by atoms with Gasteiger partial charge in [-0.2, -0.15) is 0 Å². The summed E-state index contributed by atoms with van der Waals surface area (Å²) in [5.74, 6) is 0.0268. The monoisotopic (exact) mass is 239 g/mol. The van der Waals surface area contributed by atoms with Gasteiger partial charge in [0.15, 0.2) is 5.78 Å². The summed E-state index contributed by atoms with van der Waals surface area (Å²) in [7, 11) is 0. The molecule has 1 rings (SSSR count). The largest absolute Gasteiger partial charge is 0.356 e. The second-order valence-corrected chi connectivity index (χ2v) is 4.55. The molecule has 1 heterocycles. The summed E-state index contributed by atoms with van der Waals surface area (Å²) in [5.41, 5.74) is 0. The molecule has 88 valence electrons. The number of carbonyl (C=O) groups is 2. The molecular formula is C12H17NO2S. The van der Waals surface area contributed by atoms with E-state index in [0.29, 0.717) is 19.4 Å². The maximum absolute atomic E-state index is 11.6. The fourth-order valence-corrected chi connectivity index (χ4v) is 1.97. The lowest BCUT2D eigenvalue weighted by molar-refractivity contribution is -0.121. The average Bonchev–Trinajstić information content (AvgIpc) is 2.79. The summed E-state index contributed by atoms with van der Waals surface area (Å²) in [5, 5.41) is 4.67. The number of hydrogen-bond acceptors (Lipinski definition) is 3. The first-order valence-corrected chi connectivity index (χ1v) is 6.45. The number of unbranched alkanes of at least 4 members (excludes halogenated alkanes) is 1. The SMILES string of the molecule is CCCCNC(=O)CCC(=O)c1cccs1. The van der Waals surface area contributed by atoms with Gasteiger partial charge in [0.1, 0.15) is 0 Å². The van der Waals surface area contributed by atoms with E-state index in [9.17, 15) is 9.59 Å². The van der Waals surface area contributed by atoms with Crippen molar-refractivity contribution in [2.24, 2.45) is 0 Å². The van der Waals surface area contributed by atoms with Crippen molar-refractivity contribution >= 4 is 23.0 Å². The maximum atomic E-state index is 11.6. The van der Waals surface area contributed by atoms with E-state index in [0.717, 1.165) is 17.7 Å². The van der Waals surface area contributed by atoms with Crippen LogP contribution in [0.4, 0.5) is 0 Å². The van der Waals surface area contributed by atoms with Crippen molar-refractivity contribution < 1.29 is 9.59 Å². The lowest BCUT2D eigenvalue weighted by Gasteiger charge is -2.02. The molecule has 0 aromatic carbocycles. The first-order valence-electron chi connectivity index (χ1n) is 5.57. The van der Waals surface area contributed by atoms with Crippen LogP contribution in [-0.2, 0) is 4.79 Å². The maximum Gasteiger partial charge on any atom is 0.220 e. The second-order valence-electron chi connectivity index (χ2n) is 3.60. The highest BCUT2D eigenvalue weighted by atomic mass is 32.1. The van der Waals surface area contributed by atoms with Crippen LogP contribution < -0.4 is 5.32 Å². The van der Waals surface area contributed by atoms with Gasteiger partial charge >= 0.3 is 0 Å². The summed E-state index contributed by atoms with van der Waals surface area (Å²) in [6, 6.07) is 3.64. The lowest BCUT2D eigenvalue weighted by atomic mass is 10.2. The molecule has 0 unspecified atom stereocenters. The highest BCUT2D eigenvalue weighted by Crippen LogP contribution is 2.12. The first-order chi connectivity index (χ1) is 7.74. The van der Waals surface area contributed by atoms with Crippen LogP contribution in [-0.4, -0.2) is 18.2 Å². The summed E-state index contributed by atoms with van der Waals surface area (Å²) in [4.78, 5) is 23.6. The van der Waals surface area contributed by atoms with Gasteiger partial charge in [0.05, 0.1) is 4.88 Å². The highest BCUT2D eigenvalue weighted by molar-refractivity contribution is 7.12. The van der Waals surface area contributed by atoms with E-state index in [1.807, 2.05) is 11.4 Å². The molecule has 0 saturated carbocycles. The third-order valence-corrected chi connectivity index (χ3v) is 3.14. The smallest absolute Gasteiger partial charge is 0.220 e. The van der Waals surface area contributed by atoms with Crippen LogP contribution in [0.1, 0.15) is 42.3 Å². The van der Waals surface area contributed by atoms with Gasteiger partial charge in [0.25, 0.3) is 0 Å². The van der Waals surface area contributed by atoms with Crippen molar-refractivity contribution in [3.63, 3.8) is 0 Å². The number of carbonyl (C=O) groups excluding carboxylic acids is 2. The Kier molecular flexibility index (Phi) is 5.78. The molecule has 3 nitrogen and oxygen atoms in total. The summed E-state index contributed by atoms with van der Waals surface area (Å²) in [6.45, 7) is 2.79. The topological polar surface area (TPSA) is 46.2 Å². The van der Waals surface area contributed by atoms with Crippen LogP contribution in [0, 0.1) is 0 Å². The fourth-order valence-electron chi connectivity index (χ4n) is 1.28. The minimum atomic E-state index is -0.0293. The minimum absolute atomic E-state index is 0.0293. The van der Waals surface area contributed by atoms with E-state index in [-0.39, 0.29) is 11.7 Å². The molecule has 0 spiro atoms. The van der Waals surface area contributed by atoms with Crippen molar-refractivity contribution in [2.45, 2.75) is 32.6 Å². The van der Waals surface area contributed by atoms with Gasteiger partial charge in [-0.15, -0.1) is 11.3 Å². The molecule has 16 heavy (non-hydrogen) atoms. The molecule has 1 aromatic heterocycles. The molecule has 0 saturated heterocycles. The van der Waals surface area contributed by atoms with Crippen molar-refractivity contribution in [3.05, 3.63) is 22.4 Å². The predicted octanol–water partition coefficient (Wildman–Crippen LogP) is 2.63. The molecule has 1 aromatic rings. The first kappa shape index (κ1) is 12.9. The Labute approximate surface area is 99.9 Å². The van der Waals surface area contributed by atoms with Gasteiger partial charge < -0.3 is 5.32 Å². The minimum Gasteiger partial charge on any atom is -0.356 e. The van der Waals surface area contributed by atoms with Crippen LogP contribution in [0.25, 0.3) is 0 Å². The van der Waals surface area contributed by atoms with Gasteiger partial charge in [-0.3, -0.25) is 9.59 Å².